The van der Waals surface area contributed by atoms with Crippen LogP contribution >= 0.6 is 0 Å². The highest BCUT2D eigenvalue weighted by Crippen LogP contribution is 2.23. The monoisotopic (exact) mass is 812 g/mol. The van der Waals surface area contributed by atoms with Gasteiger partial charge in [-0.25, -0.2) is 9.59 Å². The number of nitrogens with two attached hydrogens (primary N) is 2. The number of aromatic hydroxyl groups is 2. The minimum atomic E-state index is -1.50. The van der Waals surface area contributed by atoms with Crippen molar-refractivity contribution in [2.75, 3.05) is 6.54 Å². The Morgan fingerprint density at radius 1 is 0.780 bits per heavy atom. The van der Waals surface area contributed by atoms with Crippen molar-refractivity contribution in [2.45, 2.75) is 75.5 Å². The molecule has 5 aromatic rings. The maximum absolute atomic E-state index is 14.0. The highest BCUT2D eigenvalue weighted by Gasteiger charge is 2.33. The number of carbonyl (C=O) groups is 5. The van der Waals surface area contributed by atoms with Gasteiger partial charge < -0.3 is 57.4 Å². The largest absolute Gasteiger partial charge is 0.508 e. The van der Waals surface area contributed by atoms with Crippen LogP contribution in [0, 0.1) is 5.92 Å². The number of benzene rings is 3. The number of phenols is 2. The topological polar surface area (TPSA) is 309 Å². The van der Waals surface area contributed by atoms with Gasteiger partial charge in [0.15, 0.2) is 11.6 Å². The summed E-state index contributed by atoms with van der Waals surface area (Å²) in [7, 11) is 0. The lowest BCUT2D eigenvalue weighted by Gasteiger charge is -2.23. The first-order valence-corrected chi connectivity index (χ1v) is 19.0. The molecule has 3 aromatic carbocycles. The van der Waals surface area contributed by atoms with Crippen LogP contribution in [0.1, 0.15) is 72.6 Å². The number of urea groups is 1. The summed E-state index contributed by atoms with van der Waals surface area (Å²) < 4.78 is 5.52. The fourth-order valence-corrected chi connectivity index (χ4v) is 6.60. The van der Waals surface area contributed by atoms with Crippen LogP contribution in [0.15, 0.2) is 83.5 Å². The minimum Gasteiger partial charge on any atom is -0.508 e. The van der Waals surface area contributed by atoms with Gasteiger partial charge in [0, 0.05) is 29.9 Å². The Morgan fingerprint density at radius 2 is 1.44 bits per heavy atom. The van der Waals surface area contributed by atoms with Gasteiger partial charge in [-0.1, -0.05) is 47.6 Å². The van der Waals surface area contributed by atoms with Gasteiger partial charge in [0.25, 0.3) is 0 Å². The Labute approximate surface area is 338 Å². The SMILES string of the molecule is NCCCC[C@H](NC(=O)N[C@@H](Cc1ccc(O)cc1)C(=O)C[C@@H](CC(=O)O)C(=O)N[C@@H](Cc1c[nH]c2ccccc12)C(=O)O)c1nc([C@@H](N)Cc2ccc(O)cc2)no1. The Kier molecular flexibility index (Phi) is 15.1. The van der Waals surface area contributed by atoms with E-state index in [1.165, 1.54) is 36.4 Å². The number of phenolic OH excluding ortho intramolecular Hbond substituents is 2. The molecule has 0 radical (unpaired) electrons. The predicted molar refractivity (Wildman–Crippen MR) is 213 cm³/mol. The van der Waals surface area contributed by atoms with E-state index in [2.05, 4.69) is 31.1 Å². The average Bonchev–Trinajstić information content (AvgIpc) is 3.86. The maximum atomic E-state index is 14.0. The number of hydrogen-bond donors (Lipinski definition) is 10. The van der Waals surface area contributed by atoms with Crippen LogP contribution in [-0.2, 0) is 38.4 Å². The number of ketones is 1. The standard InChI is InChI=1S/C41H48N8O10/c42-16-4-3-7-32(39-48-37(49-59-39)30(43)17-23-8-12-27(50)13-9-23)46-41(58)47-33(18-24-10-14-28(51)15-11-24)35(52)20-25(21-36(53)54)38(55)45-34(40(56)57)19-26-22-44-31-6-2-1-5-29(26)31/h1-2,5-6,8-15,22,25,30,32-34,44,50-51H,3-4,7,16-21,42-43H2,(H,45,55)(H,53,54)(H,56,57)(H2,46,47,58)/t25-,30-,32-,33-,34-/m0/s1. The highest BCUT2D eigenvalue weighted by atomic mass is 16.5. The lowest BCUT2D eigenvalue weighted by atomic mass is 9.91. The van der Waals surface area contributed by atoms with E-state index in [1.54, 1.807) is 30.5 Å². The van der Waals surface area contributed by atoms with Crippen LogP contribution in [0.5, 0.6) is 11.5 Å². The molecule has 0 unspecified atom stereocenters. The van der Waals surface area contributed by atoms with E-state index in [1.807, 2.05) is 12.1 Å². The average molecular weight is 813 g/mol. The summed E-state index contributed by atoms with van der Waals surface area (Å²) in [4.78, 5) is 73.0. The molecule has 0 spiro atoms. The summed E-state index contributed by atoms with van der Waals surface area (Å²) in [6.45, 7) is 0.385. The zero-order chi connectivity index (χ0) is 42.5. The number of amides is 3. The van der Waals surface area contributed by atoms with Crippen molar-refractivity contribution in [3.05, 3.63) is 107 Å². The first-order valence-electron chi connectivity index (χ1n) is 19.0. The van der Waals surface area contributed by atoms with E-state index >= 15 is 0 Å². The summed E-state index contributed by atoms with van der Waals surface area (Å²) >= 11 is 0. The number of fused-ring (bicyclic) bond motifs is 1. The minimum absolute atomic E-state index is 0.0387. The summed E-state index contributed by atoms with van der Waals surface area (Å²) in [6, 6.07) is 14.4. The zero-order valence-corrected chi connectivity index (χ0v) is 32.0. The summed E-state index contributed by atoms with van der Waals surface area (Å²) in [5.74, 6) is -5.64. The third kappa shape index (κ3) is 12.6. The van der Waals surface area contributed by atoms with Crippen LogP contribution in [0.3, 0.4) is 0 Å². The van der Waals surface area contributed by atoms with Gasteiger partial charge in [-0.2, -0.15) is 4.98 Å². The van der Waals surface area contributed by atoms with Crippen LogP contribution in [0.4, 0.5) is 4.79 Å². The number of nitrogens with zero attached hydrogens (tertiary/aromatic N) is 2. The molecule has 18 nitrogen and oxygen atoms in total. The zero-order valence-electron chi connectivity index (χ0n) is 32.0. The smallest absolute Gasteiger partial charge is 0.326 e. The van der Waals surface area contributed by atoms with Crippen molar-refractivity contribution in [3.63, 3.8) is 0 Å². The van der Waals surface area contributed by atoms with Gasteiger partial charge in [-0.15, -0.1) is 0 Å². The third-order valence-corrected chi connectivity index (χ3v) is 9.75. The number of hydrogen-bond acceptors (Lipinski definition) is 12. The van der Waals surface area contributed by atoms with Crippen LogP contribution in [-0.4, -0.2) is 83.8 Å². The number of aromatic nitrogens is 3. The van der Waals surface area contributed by atoms with Gasteiger partial charge in [-0.3, -0.25) is 14.4 Å². The second-order valence-corrected chi connectivity index (χ2v) is 14.3. The number of para-hydroxylation sites is 1. The van der Waals surface area contributed by atoms with Crippen molar-refractivity contribution in [1.29, 1.82) is 0 Å². The number of aromatic amines is 1. The molecule has 312 valence electrons. The number of carboxylic acid groups (broad SMARTS) is 2. The molecule has 2 heterocycles. The predicted octanol–water partition coefficient (Wildman–Crippen LogP) is 3.15. The lowest BCUT2D eigenvalue weighted by Crippen LogP contribution is -2.50. The second kappa shape index (κ2) is 20.6. The molecule has 0 aliphatic carbocycles. The van der Waals surface area contributed by atoms with Gasteiger partial charge >= 0.3 is 18.0 Å². The molecule has 0 fully saturated rings. The Morgan fingerprint density at radius 3 is 2.08 bits per heavy atom. The summed E-state index contributed by atoms with van der Waals surface area (Å²) in [5.41, 5.74) is 14.8. The fourth-order valence-electron chi connectivity index (χ4n) is 6.60. The van der Waals surface area contributed by atoms with Gasteiger partial charge in [-0.05, 0) is 85.7 Å². The molecule has 2 aromatic heterocycles. The Bertz CT molecular complexity index is 2210. The molecule has 3 amide bonds. The number of unbranched alkanes of at least 4 members (excludes halogenated alkanes) is 1. The van der Waals surface area contributed by atoms with Gasteiger partial charge in [0.05, 0.1) is 24.4 Å². The van der Waals surface area contributed by atoms with E-state index in [9.17, 15) is 44.4 Å². The first kappa shape index (κ1) is 43.3. The van der Waals surface area contributed by atoms with Crippen molar-refractivity contribution < 1.29 is 48.9 Å². The normalized spacial score (nSPS) is 13.8. The molecular formula is C41H48N8O10. The molecule has 59 heavy (non-hydrogen) atoms. The van der Waals surface area contributed by atoms with Crippen molar-refractivity contribution in [2.24, 2.45) is 17.4 Å². The van der Waals surface area contributed by atoms with Gasteiger partial charge in [0.1, 0.15) is 23.6 Å². The third-order valence-electron chi connectivity index (χ3n) is 9.75. The van der Waals surface area contributed by atoms with Crippen LogP contribution in [0.25, 0.3) is 10.9 Å². The molecule has 5 rings (SSSR count). The molecule has 0 aliphatic heterocycles. The molecule has 0 bridgehead atoms. The van der Waals surface area contributed by atoms with E-state index in [-0.39, 0.29) is 36.1 Å². The Hall–Kier alpha value is -6.79. The van der Waals surface area contributed by atoms with E-state index in [0.29, 0.717) is 43.4 Å². The number of H-pyrrole nitrogens is 1. The van der Waals surface area contributed by atoms with Crippen LogP contribution < -0.4 is 27.4 Å². The number of carboxylic acids is 2. The molecule has 0 saturated heterocycles. The molecule has 5 atom stereocenters. The number of carbonyl (C=O) groups excluding carboxylic acids is 3. The Balaban J connectivity index is 1.32. The molecule has 0 aliphatic rings. The highest BCUT2D eigenvalue weighted by molar-refractivity contribution is 5.95. The summed E-state index contributed by atoms with van der Waals surface area (Å²) in [6.07, 6.45) is 1.75. The number of aliphatic carboxylic acids is 2. The molecule has 0 saturated carbocycles. The fraction of sp³-hybridized carbons (Fsp3) is 0.341. The summed E-state index contributed by atoms with van der Waals surface area (Å²) in [5, 5.41) is 51.8. The number of nitrogens with one attached hydrogen (secondary N) is 4. The van der Waals surface area contributed by atoms with Crippen LogP contribution in [0.2, 0.25) is 0 Å². The lowest BCUT2D eigenvalue weighted by molar-refractivity contribution is -0.144. The quantitative estimate of drug-likeness (QED) is 0.0449. The van der Waals surface area contributed by atoms with E-state index < -0.39 is 72.6 Å². The molecule has 18 heteroatoms. The molecule has 12 N–H and O–H groups in total. The van der Waals surface area contributed by atoms with Crippen molar-refractivity contribution in [1.82, 2.24) is 31.1 Å². The number of Topliss-reactive ketones (excluding diaryl/α,β-unsaturated/α-hetero) is 1. The van der Waals surface area contributed by atoms with Gasteiger partial charge in [0.2, 0.25) is 11.8 Å². The number of rotatable bonds is 22. The maximum Gasteiger partial charge on any atom is 0.326 e. The first-order chi connectivity index (χ1) is 28.3. The van der Waals surface area contributed by atoms with Crippen molar-refractivity contribution >= 4 is 40.6 Å². The van der Waals surface area contributed by atoms with E-state index in [0.717, 1.165) is 16.5 Å². The second-order valence-electron chi connectivity index (χ2n) is 14.3. The van der Waals surface area contributed by atoms with Crippen molar-refractivity contribution in [3.8, 4) is 11.5 Å². The molecular weight excluding hydrogens is 764 g/mol. The van der Waals surface area contributed by atoms with E-state index in [4.69, 9.17) is 16.0 Å².